The van der Waals surface area contributed by atoms with Gasteiger partial charge < -0.3 is 15.5 Å². The van der Waals surface area contributed by atoms with Crippen LogP contribution in [0.25, 0.3) is 11.1 Å². The first-order valence-electron chi connectivity index (χ1n) is 20.3. The molecule has 0 saturated carbocycles. The molecule has 0 bridgehead atoms. The predicted octanol–water partition coefficient (Wildman–Crippen LogP) is 10.7. The zero-order valence-corrected chi connectivity index (χ0v) is 38.3. The number of anilines is 1. The summed E-state index contributed by atoms with van der Waals surface area (Å²) in [6, 6.07) is 16.2. The highest BCUT2D eigenvalue weighted by molar-refractivity contribution is 7.77. The molecule has 2 N–H and O–H groups in total. The Bertz CT molecular complexity index is 1870. The van der Waals surface area contributed by atoms with Crippen LogP contribution >= 0.6 is 26.2 Å². The lowest BCUT2D eigenvalue weighted by molar-refractivity contribution is -0.137. The summed E-state index contributed by atoms with van der Waals surface area (Å²) in [5.41, 5.74) is -0.420. The van der Waals surface area contributed by atoms with Gasteiger partial charge in [-0.05, 0) is 86.8 Å². The summed E-state index contributed by atoms with van der Waals surface area (Å²) >= 11 is 1.50. The molecule has 16 heteroatoms. The van der Waals surface area contributed by atoms with E-state index in [9.17, 15) is 18.0 Å². The molecule has 2 fully saturated rings. The fourth-order valence-corrected chi connectivity index (χ4v) is 19.0. The highest BCUT2D eigenvalue weighted by Gasteiger charge is 2.59. The molecule has 0 spiro atoms. The average molecular weight is 866 g/mol. The zero-order valence-electron chi connectivity index (χ0n) is 35.7. The summed E-state index contributed by atoms with van der Waals surface area (Å²) in [6.45, 7) is 14.4. The van der Waals surface area contributed by atoms with Gasteiger partial charge >= 0.3 is 12.2 Å². The third-order valence-corrected chi connectivity index (χ3v) is 20.1. The number of unbranched alkanes of at least 4 members (excludes halogenated alkanes) is 3. The number of hydrogen-bond acceptors (Lipinski definition) is 5. The van der Waals surface area contributed by atoms with Crippen LogP contribution in [0.1, 0.15) is 76.3 Å². The second-order valence-electron chi connectivity index (χ2n) is 17.8. The number of carbonyl (C=O) groups is 1. The lowest BCUT2D eigenvalue weighted by Crippen LogP contribution is -2.54. The van der Waals surface area contributed by atoms with E-state index < -0.39 is 32.2 Å². The van der Waals surface area contributed by atoms with Crippen LogP contribution in [0.2, 0.25) is 0 Å². The standard InChI is InChI=1S/C42H64F3N7O3P2S/c1-10-11-12-15-25-46-38(53)52(27-32-18-20-33(21-19-32)35-16-13-14-17-36(35)42(43,44)45)26-24-34-22-23-37(58-34)47-39(56(54)48(6)28-40(2,3)29-49(56)7)57(55)50(8)30-41(4,5)31-51(57)9/h13-14,16-23,39,47H,10-12,15,24-31H2,1-9H3,(H,46,53). The van der Waals surface area contributed by atoms with E-state index in [1.807, 2.05) is 59.0 Å². The molecule has 1 aromatic heterocycles. The van der Waals surface area contributed by atoms with Crippen LogP contribution in [-0.2, 0) is 28.3 Å². The topological polar surface area (TPSA) is 91.5 Å². The van der Waals surface area contributed by atoms with Gasteiger partial charge in [-0.15, -0.1) is 11.3 Å². The van der Waals surface area contributed by atoms with Gasteiger partial charge in [-0.3, -0.25) is 9.13 Å². The minimum atomic E-state index is -4.48. The summed E-state index contributed by atoms with van der Waals surface area (Å²) < 4.78 is 80.0. The Morgan fingerprint density at radius 1 is 0.810 bits per heavy atom. The van der Waals surface area contributed by atoms with Crippen LogP contribution in [0.3, 0.4) is 0 Å². The Morgan fingerprint density at radius 2 is 1.36 bits per heavy atom. The molecular weight excluding hydrogens is 802 g/mol. The first-order valence-corrected chi connectivity index (χ1v) is 24.5. The predicted molar refractivity (Wildman–Crippen MR) is 234 cm³/mol. The van der Waals surface area contributed by atoms with Gasteiger partial charge in [0.2, 0.25) is 14.9 Å². The molecule has 0 atom stereocenters. The Kier molecular flexibility index (Phi) is 14.8. The van der Waals surface area contributed by atoms with Crippen molar-refractivity contribution in [1.29, 1.82) is 0 Å². The maximum absolute atomic E-state index is 15.5. The SMILES string of the molecule is CCCCCCNC(=O)N(CCc1ccc(NC(P2(=O)N(C)CC(C)(C)CN2C)P2(=O)N(C)CC(C)(C)CN2C)s1)Cc1ccc(-c2ccccc2C(F)(F)F)cc1. The van der Waals surface area contributed by atoms with Crippen molar-refractivity contribution in [3.8, 4) is 11.1 Å². The molecule has 0 aliphatic carbocycles. The summed E-state index contributed by atoms with van der Waals surface area (Å²) in [4.78, 5) is 16.4. The van der Waals surface area contributed by atoms with Gasteiger partial charge in [0, 0.05) is 50.7 Å². The minimum Gasteiger partial charge on any atom is -0.357 e. The van der Waals surface area contributed by atoms with Crippen LogP contribution < -0.4 is 10.6 Å². The molecule has 0 radical (unpaired) electrons. The largest absolute Gasteiger partial charge is 0.417 e. The van der Waals surface area contributed by atoms with Crippen LogP contribution in [-0.4, -0.2) is 103 Å². The third-order valence-electron chi connectivity index (χ3n) is 11.2. The van der Waals surface area contributed by atoms with Crippen molar-refractivity contribution in [3.63, 3.8) is 0 Å². The summed E-state index contributed by atoms with van der Waals surface area (Å²) in [5.74, 6) is 0. The molecule has 2 amide bonds. The smallest absolute Gasteiger partial charge is 0.357 e. The van der Waals surface area contributed by atoms with Gasteiger partial charge in [-0.2, -0.15) is 13.2 Å². The number of rotatable bonds is 15. The van der Waals surface area contributed by atoms with Gasteiger partial charge in [0.25, 0.3) is 0 Å². The molecule has 2 saturated heterocycles. The number of carbonyl (C=O) groups excluding carboxylic acids is 1. The number of benzene rings is 2. The third kappa shape index (κ3) is 10.6. The van der Waals surface area contributed by atoms with Gasteiger partial charge in [0.15, 0.2) is 5.52 Å². The van der Waals surface area contributed by atoms with Gasteiger partial charge in [0.05, 0.1) is 10.6 Å². The normalized spacial score (nSPS) is 19.9. The maximum atomic E-state index is 15.5. The lowest BCUT2D eigenvalue weighted by Gasteiger charge is -2.55. The number of halogens is 3. The molecule has 3 aromatic rings. The highest BCUT2D eigenvalue weighted by Crippen LogP contribution is 2.75. The number of nitrogens with zero attached hydrogens (tertiary/aromatic N) is 5. The van der Waals surface area contributed by atoms with E-state index in [0.717, 1.165) is 47.2 Å². The fraction of sp³-hybridized carbons (Fsp3) is 0.595. The van der Waals surface area contributed by atoms with E-state index in [1.165, 1.54) is 23.5 Å². The number of alkyl halides is 3. The van der Waals surface area contributed by atoms with Crippen molar-refractivity contribution < 1.29 is 27.1 Å². The van der Waals surface area contributed by atoms with Crippen LogP contribution in [0.4, 0.5) is 23.0 Å². The van der Waals surface area contributed by atoms with Crippen molar-refractivity contribution in [1.82, 2.24) is 28.9 Å². The summed E-state index contributed by atoms with van der Waals surface area (Å²) in [5, 5.41) is 7.41. The van der Waals surface area contributed by atoms with E-state index in [-0.39, 0.29) is 29.0 Å². The van der Waals surface area contributed by atoms with Crippen molar-refractivity contribution in [2.45, 2.75) is 85.0 Å². The number of amides is 2. The highest BCUT2D eigenvalue weighted by atomic mass is 32.1. The fourth-order valence-electron chi connectivity index (χ4n) is 8.68. The Labute approximate surface area is 348 Å². The quantitative estimate of drug-likeness (QED) is 0.115. The van der Waals surface area contributed by atoms with E-state index in [4.69, 9.17) is 0 Å². The van der Waals surface area contributed by atoms with Gasteiger partial charge in [-0.25, -0.2) is 23.5 Å². The van der Waals surface area contributed by atoms with Crippen molar-refractivity contribution in [2.75, 3.05) is 72.8 Å². The van der Waals surface area contributed by atoms with Gasteiger partial charge in [-0.1, -0.05) is 96.3 Å². The Hall–Kier alpha value is -2.70. The zero-order chi connectivity index (χ0) is 42.7. The Morgan fingerprint density at radius 3 is 1.90 bits per heavy atom. The first-order chi connectivity index (χ1) is 27.1. The average Bonchev–Trinajstić information content (AvgIpc) is 3.60. The summed E-state index contributed by atoms with van der Waals surface area (Å²) in [6.07, 6.45) is 0.145. The first kappa shape index (κ1) is 46.4. The van der Waals surface area contributed by atoms with Crippen molar-refractivity contribution in [2.24, 2.45) is 10.8 Å². The van der Waals surface area contributed by atoms with Crippen molar-refractivity contribution in [3.05, 3.63) is 76.7 Å². The second kappa shape index (κ2) is 18.5. The van der Waals surface area contributed by atoms with E-state index in [0.29, 0.717) is 51.3 Å². The van der Waals surface area contributed by atoms with E-state index in [2.05, 4.69) is 45.3 Å². The molecule has 58 heavy (non-hydrogen) atoms. The molecular formula is C42H64F3N7O3P2S. The molecule has 322 valence electrons. The molecule has 3 heterocycles. The minimum absolute atomic E-state index is 0.104. The van der Waals surface area contributed by atoms with E-state index >= 15 is 9.13 Å². The van der Waals surface area contributed by atoms with Crippen LogP contribution in [0, 0.1) is 10.8 Å². The molecule has 2 aromatic carbocycles. The molecule has 10 nitrogen and oxygen atoms in total. The van der Waals surface area contributed by atoms with Crippen LogP contribution in [0.15, 0.2) is 60.7 Å². The molecule has 0 unspecified atom stereocenters. The monoisotopic (exact) mass is 865 g/mol. The number of hydrogen-bond donors (Lipinski definition) is 2. The number of nitrogens with one attached hydrogen (secondary N) is 2. The Balaban J connectivity index is 1.37. The summed E-state index contributed by atoms with van der Waals surface area (Å²) in [7, 11) is 0.662. The lowest BCUT2D eigenvalue weighted by atomic mass is 9.93. The maximum Gasteiger partial charge on any atom is 0.417 e. The molecule has 2 aliphatic heterocycles. The molecule has 5 rings (SSSR count). The van der Waals surface area contributed by atoms with Crippen molar-refractivity contribution >= 4 is 37.3 Å². The van der Waals surface area contributed by atoms with Gasteiger partial charge in [0.1, 0.15) is 0 Å². The van der Waals surface area contributed by atoms with Crippen LogP contribution in [0.5, 0.6) is 0 Å². The number of urea groups is 1. The second-order valence-corrected chi connectivity index (χ2v) is 25.5. The molecule has 2 aliphatic rings. The van der Waals surface area contributed by atoms with E-state index in [1.54, 1.807) is 35.2 Å². The number of thiophene rings is 1.